The van der Waals surface area contributed by atoms with Crippen molar-refractivity contribution in [1.29, 1.82) is 0 Å². The summed E-state index contributed by atoms with van der Waals surface area (Å²) in [6.45, 7) is 3.68. The van der Waals surface area contributed by atoms with Crippen molar-refractivity contribution in [2.24, 2.45) is 7.05 Å². The van der Waals surface area contributed by atoms with Crippen LogP contribution in [0.4, 0.5) is 0 Å². The van der Waals surface area contributed by atoms with Gasteiger partial charge in [0, 0.05) is 39.5 Å². The number of imidazole rings is 1. The SMILES string of the molecule is Cc1ccc(CNC(=O)CCc2nc3cc(S(=O)(=O)N4CCCCC4)ccc3n2C)cc1. The molecular formula is C24H30N4O3S. The molecular weight excluding hydrogens is 424 g/mol. The van der Waals surface area contributed by atoms with E-state index in [4.69, 9.17) is 0 Å². The van der Waals surface area contributed by atoms with Gasteiger partial charge in [-0.25, -0.2) is 13.4 Å². The highest BCUT2D eigenvalue weighted by molar-refractivity contribution is 7.89. The van der Waals surface area contributed by atoms with Gasteiger partial charge in [-0.2, -0.15) is 4.31 Å². The number of nitrogens with one attached hydrogen (secondary N) is 1. The van der Waals surface area contributed by atoms with Crippen LogP contribution >= 0.6 is 0 Å². The molecule has 1 saturated heterocycles. The highest BCUT2D eigenvalue weighted by Gasteiger charge is 2.26. The number of aromatic nitrogens is 2. The molecule has 1 N–H and O–H groups in total. The lowest BCUT2D eigenvalue weighted by atomic mass is 10.1. The van der Waals surface area contributed by atoms with E-state index >= 15 is 0 Å². The van der Waals surface area contributed by atoms with Gasteiger partial charge in [0.25, 0.3) is 0 Å². The van der Waals surface area contributed by atoms with Crippen LogP contribution < -0.4 is 5.32 Å². The van der Waals surface area contributed by atoms with Gasteiger partial charge in [-0.1, -0.05) is 36.2 Å². The minimum absolute atomic E-state index is 0.0361. The average Bonchev–Trinajstić information content (AvgIpc) is 3.12. The van der Waals surface area contributed by atoms with Gasteiger partial charge in [-0.05, 0) is 43.5 Å². The molecule has 1 aliphatic heterocycles. The Hall–Kier alpha value is -2.71. The zero-order valence-corrected chi connectivity index (χ0v) is 19.5. The van der Waals surface area contributed by atoms with E-state index < -0.39 is 10.0 Å². The van der Waals surface area contributed by atoms with Gasteiger partial charge in [0.2, 0.25) is 15.9 Å². The third-order valence-electron chi connectivity index (χ3n) is 6.08. The van der Waals surface area contributed by atoms with Crippen LogP contribution in [0.15, 0.2) is 47.4 Å². The maximum absolute atomic E-state index is 13.0. The molecule has 1 aliphatic rings. The summed E-state index contributed by atoms with van der Waals surface area (Å²) in [6.07, 6.45) is 3.69. The number of rotatable bonds is 7. The maximum Gasteiger partial charge on any atom is 0.243 e. The predicted molar refractivity (Wildman–Crippen MR) is 125 cm³/mol. The van der Waals surface area contributed by atoms with Crippen LogP contribution in [-0.2, 0) is 34.8 Å². The minimum atomic E-state index is -3.50. The fraction of sp³-hybridized carbons (Fsp3) is 0.417. The third kappa shape index (κ3) is 4.86. The number of nitrogens with zero attached hydrogens (tertiary/aromatic N) is 3. The second kappa shape index (κ2) is 9.42. The average molecular weight is 455 g/mol. The Balaban J connectivity index is 1.42. The molecule has 2 aromatic carbocycles. The molecule has 0 bridgehead atoms. The number of sulfonamides is 1. The van der Waals surface area contributed by atoms with Gasteiger partial charge < -0.3 is 9.88 Å². The smallest absolute Gasteiger partial charge is 0.243 e. The molecule has 0 radical (unpaired) electrons. The molecule has 7 nitrogen and oxygen atoms in total. The lowest BCUT2D eigenvalue weighted by Crippen LogP contribution is -2.35. The van der Waals surface area contributed by atoms with Gasteiger partial charge in [-0.3, -0.25) is 4.79 Å². The van der Waals surface area contributed by atoms with E-state index in [2.05, 4.69) is 10.3 Å². The Morgan fingerprint density at radius 3 is 2.50 bits per heavy atom. The first-order valence-corrected chi connectivity index (χ1v) is 12.6. The molecule has 3 aromatic rings. The van der Waals surface area contributed by atoms with E-state index in [-0.39, 0.29) is 10.8 Å². The first-order chi connectivity index (χ1) is 15.3. The molecule has 0 aliphatic carbocycles. The summed E-state index contributed by atoms with van der Waals surface area (Å²) in [6, 6.07) is 13.2. The predicted octanol–water partition coefficient (Wildman–Crippen LogP) is 3.31. The van der Waals surface area contributed by atoms with Crippen molar-refractivity contribution in [3.63, 3.8) is 0 Å². The quantitative estimate of drug-likeness (QED) is 0.594. The highest BCUT2D eigenvalue weighted by atomic mass is 32.2. The zero-order chi connectivity index (χ0) is 22.7. The van der Waals surface area contributed by atoms with Crippen LogP contribution in [-0.4, -0.2) is 41.3 Å². The van der Waals surface area contributed by atoms with E-state index in [1.807, 2.05) is 42.8 Å². The number of carbonyl (C=O) groups excluding carboxylic acids is 1. The monoisotopic (exact) mass is 454 g/mol. The molecule has 0 unspecified atom stereocenters. The van der Waals surface area contributed by atoms with Crippen molar-refractivity contribution in [3.8, 4) is 0 Å². The number of hydrogen-bond acceptors (Lipinski definition) is 4. The van der Waals surface area contributed by atoms with Crippen LogP contribution in [0.2, 0.25) is 0 Å². The van der Waals surface area contributed by atoms with E-state index in [0.717, 1.165) is 36.2 Å². The molecule has 2 heterocycles. The molecule has 8 heteroatoms. The van der Waals surface area contributed by atoms with Crippen molar-refractivity contribution in [1.82, 2.24) is 19.2 Å². The Morgan fingerprint density at radius 2 is 1.78 bits per heavy atom. The number of piperidine rings is 1. The Bertz CT molecular complexity index is 1210. The lowest BCUT2D eigenvalue weighted by molar-refractivity contribution is -0.121. The summed E-state index contributed by atoms with van der Waals surface area (Å²) >= 11 is 0. The summed E-state index contributed by atoms with van der Waals surface area (Å²) in [5.74, 6) is 0.726. The van der Waals surface area contributed by atoms with E-state index in [1.165, 1.54) is 5.56 Å². The van der Waals surface area contributed by atoms with Crippen LogP contribution in [0.1, 0.15) is 42.6 Å². The molecule has 4 rings (SSSR count). The maximum atomic E-state index is 13.0. The summed E-state index contributed by atoms with van der Waals surface area (Å²) in [5.41, 5.74) is 3.75. The van der Waals surface area contributed by atoms with Crippen LogP contribution in [0.3, 0.4) is 0 Å². The number of fused-ring (bicyclic) bond motifs is 1. The number of aryl methyl sites for hydroxylation is 3. The fourth-order valence-corrected chi connectivity index (χ4v) is 5.63. The summed E-state index contributed by atoms with van der Waals surface area (Å²) in [7, 11) is -1.60. The first kappa shape index (κ1) is 22.5. The van der Waals surface area contributed by atoms with E-state index in [9.17, 15) is 13.2 Å². The fourth-order valence-electron chi connectivity index (χ4n) is 4.09. The summed E-state index contributed by atoms with van der Waals surface area (Å²) < 4.78 is 29.5. The Kier molecular flexibility index (Phi) is 6.62. The van der Waals surface area contributed by atoms with Crippen LogP contribution in [0.25, 0.3) is 11.0 Å². The number of amides is 1. The molecule has 1 amide bonds. The van der Waals surface area contributed by atoms with Gasteiger partial charge in [-0.15, -0.1) is 0 Å². The van der Waals surface area contributed by atoms with Crippen LogP contribution in [0.5, 0.6) is 0 Å². The summed E-state index contributed by atoms with van der Waals surface area (Å²) in [5, 5.41) is 2.95. The lowest BCUT2D eigenvalue weighted by Gasteiger charge is -2.25. The van der Waals surface area contributed by atoms with Crippen molar-refractivity contribution >= 4 is 27.0 Å². The van der Waals surface area contributed by atoms with Gasteiger partial charge in [0.1, 0.15) is 5.82 Å². The Morgan fingerprint density at radius 1 is 1.06 bits per heavy atom. The van der Waals surface area contributed by atoms with Gasteiger partial charge in [0.15, 0.2) is 0 Å². The summed E-state index contributed by atoms with van der Waals surface area (Å²) in [4.78, 5) is 17.2. The first-order valence-electron chi connectivity index (χ1n) is 11.1. The highest BCUT2D eigenvalue weighted by Crippen LogP contribution is 2.24. The molecule has 1 aromatic heterocycles. The number of benzene rings is 2. The van der Waals surface area contributed by atoms with Crippen molar-refractivity contribution in [2.45, 2.75) is 50.5 Å². The Labute approximate surface area is 189 Å². The topological polar surface area (TPSA) is 84.3 Å². The minimum Gasteiger partial charge on any atom is -0.352 e. The number of carbonyl (C=O) groups is 1. The van der Waals surface area contributed by atoms with Crippen molar-refractivity contribution < 1.29 is 13.2 Å². The molecule has 0 spiro atoms. The second-order valence-electron chi connectivity index (χ2n) is 8.46. The molecule has 1 fully saturated rings. The molecule has 0 atom stereocenters. The number of hydrogen-bond donors (Lipinski definition) is 1. The van der Waals surface area contributed by atoms with Gasteiger partial charge in [0.05, 0.1) is 15.9 Å². The second-order valence-corrected chi connectivity index (χ2v) is 10.4. The van der Waals surface area contributed by atoms with Crippen molar-refractivity contribution in [2.75, 3.05) is 13.1 Å². The third-order valence-corrected chi connectivity index (χ3v) is 7.98. The molecule has 0 saturated carbocycles. The standard InChI is InChI=1S/C24H30N4O3S/c1-18-6-8-19(9-7-18)17-25-24(29)13-12-23-26-21-16-20(10-11-22(21)27(23)2)32(30,31)28-14-4-3-5-15-28/h6-11,16H,3-5,12-15,17H2,1-2H3,(H,25,29). The van der Waals surface area contributed by atoms with Crippen LogP contribution in [0, 0.1) is 6.92 Å². The zero-order valence-electron chi connectivity index (χ0n) is 18.7. The van der Waals surface area contributed by atoms with Crippen molar-refractivity contribution in [3.05, 3.63) is 59.4 Å². The van der Waals surface area contributed by atoms with Gasteiger partial charge >= 0.3 is 0 Å². The van der Waals surface area contributed by atoms with E-state index in [1.54, 1.807) is 22.5 Å². The largest absolute Gasteiger partial charge is 0.352 e. The normalized spacial score (nSPS) is 15.2. The molecule has 170 valence electrons. The molecule has 32 heavy (non-hydrogen) atoms. The van der Waals surface area contributed by atoms with E-state index in [0.29, 0.717) is 38.0 Å².